The van der Waals surface area contributed by atoms with Gasteiger partial charge in [-0.05, 0) is 25.5 Å². The maximum atomic E-state index is 11.4. The molecule has 0 aliphatic heterocycles. The van der Waals surface area contributed by atoms with Crippen LogP contribution in [0.15, 0.2) is 16.9 Å². The summed E-state index contributed by atoms with van der Waals surface area (Å²) in [6.07, 6.45) is 0.885. The van der Waals surface area contributed by atoms with Crippen LogP contribution < -0.4 is 5.69 Å². The Labute approximate surface area is 97.4 Å². The molecule has 2 aromatic rings. The van der Waals surface area contributed by atoms with Crippen LogP contribution in [0.1, 0.15) is 31.9 Å². The zero-order valence-electron chi connectivity index (χ0n) is 9.14. The van der Waals surface area contributed by atoms with Crippen molar-refractivity contribution in [2.45, 2.75) is 31.6 Å². The summed E-state index contributed by atoms with van der Waals surface area (Å²) in [6.45, 7) is 3.98. The van der Waals surface area contributed by atoms with Crippen LogP contribution >= 0.6 is 11.6 Å². The SMILES string of the molecule is CCC(c1ccc2n[nH]c(=O)n2n1)C(C)Cl. The van der Waals surface area contributed by atoms with E-state index in [0.717, 1.165) is 12.1 Å². The van der Waals surface area contributed by atoms with Gasteiger partial charge >= 0.3 is 5.69 Å². The topological polar surface area (TPSA) is 63.0 Å². The number of fused-ring (bicyclic) bond motifs is 1. The number of nitrogens with one attached hydrogen (secondary N) is 1. The number of H-pyrrole nitrogens is 1. The Hall–Kier alpha value is -1.36. The van der Waals surface area contributed by atoms with E-state index in [0.29, 0.717) is 5.65 Å². The van der Waals surface area contributed by atoms with E-state index in [9.17, 15) is 4.79 Å². The molecule has 0 spiro atoms. The number of halogens is 1. The van der Waals surface area contributed by atoms with Crippen LogP contribution in [0.3, 0.4) is 0 Å². The van der Waals surface area contributed by atoms with Crippen molar-refractivity contribution < 1.29 is 0 Å². The first-order valence-electron chi connectivity index (χ1n) is 5.22. The zero-order chi connectivity index (χ0) is 11.7. The van der Waals surface area contributed by atoms with Crippen molar-refractivity contribution in [3.63, 3.8) is 0 Å². The third-order valence-corrected chi connectivity index (χ3v) is 2.97. The zero-order valence-corrected chi connectivity index (χ0v) is 9.90. The molecule has 1 N–H and O–H groups in total. The van der Waals surface area contributed by atoms with Gasteiger partial charge in [0.1, 0.15) is 0 Å². The highest BCUT2D eigenvalue weighted by atomic mass is 35.5. The van der Waals surface area contributed by atoms with E-state index in [1.165, 1.54) is 4.52 Å². The van der Waals surface area contributed by atoms with Crippen LogP contribution in [0, 0.1) is 0 Å². The standard InChI is InChI=1S/C10H13ClN4O/c1-3-7(6(2)11)8-4-5-9-12-13-10(16)15(9)14-8/h4-7H,3H2,1-2H3,(H,13,16). The molecule has 2 unspecified atom stereocenters. The van der Waals surface area contributed by atoms with E-state index < -0.39 is 0 Å². The van der Waals surface area contributed by atoms with Crippen LogP contribution in [-0.4, -0.2) is 25.2 Å². The molecule has 86 valence electrons. The Morgan fingerprint density at radius 2 is 2.31 bits per heavy atom. The van der Waals surface area contributed by atoms with Crippen molar-refractivity contribution in [3.8, 4) is 0 Å². The summed E-state index contributed by atoms with van der Waals surface area (Å²) in [7, 11) is 0. The molecule has 2 atom stereocenters. The lowest BCUT2D eigenvalue weighted by molar-refractivity contribution is 0.612. The summed E-state index contributed by atoms with van der Waals surface area (Å²) in [5.74, 6) is 0.146. The van der Waals surface area contributed by atoms with Crippen molar-refractivity contribution in [2.75, 3.05) is 0 Å². The number of hydrogen-bond acceptors (Lipinski definition) is 3. The van der Waals surface area contributed by atoms with Gasteiger partial charge in [-0.15, -0.1) is 11.6 Å². The molecule has 2 aromatic heterocycles. The molecule has 16 heavy (non-hydrogen) atoms. The Kier molecular flexibility index (Phi) is 2.96. The van der Waals surface area contributed by atoms with Gasteiger partial charge in [-0.25, -0.2) is 9.89 Å². The normalized spacial score (nSPS) is 15.2. The highest BCUT2D eigenvalue weighted by Crippen LogP contribution is 2.24. The van der Waals surface area contributed by atoms with Gasteiger partial charge < -0.3 is 0 Å². The van der Waals surface area contributed by atoms with Gasteiger partial charge in [0.15, 0.2) is 5.65 Å². The van der Waals surface area contributed by atoms with Crippen molar-refractivity contribution in [1.82, 2.24) is 19.8 Å². The molecule has 0 radical (unpaired) electrons. The van der Waals surface area contributed by atoms with E-state index >= 15 is 0 Å². The van der Waals surface area contributed by atoms with E-state index in [4.69, 9.17) is 11.6 Å². The van der Waals surface area contributed by atoms with Crippen LogP contribution in [0.5, 0.6) is 0 Å². The molecule has 0 aromatic carbocycles. The predicted molar refractivity (Wildman–Crippen MR) is 62.0 cm³/mol. The third-order valence-electron chi connectivity index (χ3n) is 2.67. The molecule has 2 heterocycles. The maximum absolute atomic E-state index is 11.4. The molecular formula is C10H13ClN4O. The monoisotopic (exact) mass is 240 g/mol. The Morgan fingerprint density at radius 3 is 2.94 bits per heavy atom. The predicted octanol–water partition coefficient (Wildman–Crippen LogP) is 1.54. The molecule has 0 aliphatic rings. The highest BCUT2D eigenvalue weighted by molar-refractivity contribution is 6.20. The van der Waals surface area contributed by atoms with Crippen LogP contribution in [0.2, 0.25) is 0 Å². The highest BCUT2D eigenvalue weighted by Gasteiger charge is 2.17. The Bertz CT molecular complexity index is 545. The van der Waals surface area contributed by atoms with Gasteiger partial charge in [0, 0.05) is 11.3 Å². The van der Waals surface area contributed by atoms with E-state index in [-0.39, 0.29) is 17.0 Å². The quantitative estimate of drug-likeness (QED) is 0.828. The van der Waals surface area contributed by atoms with E-state index in [1.54, 1.807) is 6.07 Å². The van der Waals surface area contributed by atoms with Crippen molar-refractivity contribution in [3.05, 3.63) is 28.3 Å². The van der Waals surface area contributed by atoms with E-state index in [1.807, 2.05) is 19.9 Å². The number of aromatic amines is 1. The summed E-state index contributed by atoms with van der Waals surface area (Å²) in [4.78, 5) is 11.4. The molecule has 5 nitrogen and oxygen atoms in total. The molecular weight excluding hydrogens is 228 g/mol. The fraction of sp³-hybridized carbons (Fsp3) is 0.500. The number of rotatable bonds is 3. The van der Waals surface area contributed by atoms with Crippen molar-refractivity contribution >= 4 is 17.2 Å². The second-order valence-corrected chi connectivity index (χ2v) is 4.44. The molecule has 0 aliphatic carbocycles. The smallest absolute Gasteiger partial charge is 0.244 e. The lowest BCUT2D eigenvalue weighted by Gasteiger charge is -2.15. The molecule has 2 rings (SSSR count). The number of nitrogens with zero attached hydrogens (tertiary/aromatic N) is 3. The summed E-state index contributed by atoms with van der Waals surface area (Å²) < 4.78 is 1.26. The first-order chi connectivity index (χ1) is 7.63. The third kappa shape index (κ3) is 1.82. The minimum Gasteiger partial charge on any atom is -0.244 e. The van der Waals surface area contributed by atoms with Gasteiger partial charge in [-0.1, -0.05) is 6.92 Å². The Balaban J connectivity index is 2.52. The second kappa shape index (κ2) is 4.25. The average molecular weight is 241 g/mol. The molecule has 0 saturated heterocycles. The van der Waals surface area contributed by atoms with Gasteiger partial charge in [0.25, 0.3) is 0 Å². The van der Waals surface area contributed by atoms with Gasteiger partial charge in [-0.2, -0.15) is 14.7 Å². The van der Waals surface area contributed by atoms with E-state index in [2.05, 4.69) is 15.3 Å². The largest absolute Gasteiger partial charge is 0.364 e. The van der Waals surface area contributed by atoms with Crippen LogP contribution in [0.4, 0.5) is 0 Å². The fourth-order valence-corrected chi connectivity index (χ4v) is 2.09. The number of alkyl halides is 1. The minimum absolute atomic E-state index is 0.0162. The molecule has 0 fully saturated rings. The van der Waals surface area contributed by atoms with Gasteiger partial charge in [0.05, 0.1) is 5.69 Å². The van der Waals surface area contributed by atoms with Crippen LogP contribution in [-0.2, 0) is 0 Å². The van der Waals surface area contributed by atoms with Crippen LogP contribution in [0.25, 0.3) is 5.65 Å². The molecule has 0 saturated carbocycles. The minimum atomic E-state index is -0.325. The summed E-state index contributed by atoms with van der Waals surface area (Å²) in [6, 6.07) is 3.63. The van der Waals surface area contributed by atoms with Crippen molar-refractivity contribution in [2.24, 2.45) is 0 Å². The maximum Gasteiger partial charge on any atom is 0.364 e. The molecule has 0 bridgehead atoms. The summed E-state index contributed by atoms with van der Waals surface area (Å²) in [5, 5.41) is 10.4. The Morgan fingerprint density at radius 1 is 1.56 bits per heavy atom. The first kappa shape index (κ1) is 11.1. The number of hydrogen-bond donors (Lipinski definition) is 1. The molecule has 6 heteroatoms. The van der Waals surface area contributed by atoms with Crippen molar-refractivity contribution in [1.29, 1.82) is 0 Å². The first-order valence-corrected chi connectivity index (χ1v) is 5.65. The molecule has 0 amide bonds. The lowest BCUT2D eigenvalue weighted by atomic mass is 9.99. The fourth-order valence-electron chi connectivity index (χ4n) is 1.78. The van der Waals surface area contributed by atoms with Gasteiger partial charge in [0.2, 0.25) is 0 Å². The summed E-state index contributed by atoms with van der Waals surface area (Å²) in [5.41, 5.74) is 1.01. The second-order valence-electron chi connectivity index (χ2n) is 3.75. The lowest BCUT2D eigenvalue weighted by Crippen LogP contribution is -2.17. The number of aromatic nitrogens is 4. The van der Waals surface area contributed by atoms with Gasteiger partial charge in [-0.3, -0.25) is 0 Å². The summed E-state index contributed by atoms with van der Waals surface area (Å²) >= 11 is 6.09. The average Bonchev–Trinajstić information content (AvgIpc) is 2.61.